The molecule has 0 unspecified atom stereocenters. The second kappa shape index (κ2) is 4.50. The van der Waals surface area contributed by atoms with Crippen LogP contribution >= 0.6 is 0 Å². The molecule has 0 aliphatic carbocycles. The molecule has 2 aromatic rings. The van der Waals surface area contributed by atoms with Gasteiger partial charge in [-0.05, 0) is 12.0 Å². The van der Waals surface area contributed by atoms with Gasteiger partial charge in [0.2, 0.25) is 0 Å². The van der Waals surface area contributed by atoms with Gasteiger partial charge in [-0.25, -0.2) is 0 Å². The first kappa shape index (κ1) is 9.58. The summed E-state index contributed by atoms with van der Waals surface area (Å²) in [5.41, 5.74) is 1.63. The van der Waals surface area contributed by atoms with Crippen LogP contribution in [0.1, 0.15) is 16.1 Å². The van der Waals surface area contributed by atoms with Gasteiger partial charge in [0.1, 0.15) is 5.69 Å². The summed E-state index contributed by atoms with van der Waals surface area (Å²) in [6.45, 7) is 0.741. The molecule has 0 aliphatic rings. The smallest absolute Gasteiger partial charge is 0.171 e. The second-order valence-corrected chi connectivity index (χ2v) is 3.26. The maximum absolute atomic E-state index is 10.4. The van der Waals surface area contributed by atoms with Crippen molar-refractivity contribution in [3.8, 4) is 0 Å². The monoisotopic (exact) mass is 201 g/mol. The molecule has 1 aromatic carbocycles. The molecular weight excluding hydrogens is 190 g/mol. The summed E-state index contributed by atoms with van der Waals surface area (Å²) >= 11 is 0. The molecule has 0 fully saturated rings. The van der Waals surface area contributed by atoms with E-state index in [1.165, 1.54) is 5.56 Å². The number of rotatable bonds is 4. The molecule has 0 saturated carbocycles. The SMILES string of the molecule is O=Cc1cn(CCc2ccccc2)nn1. The Balaban J connectivity index is 1.96. The minimum atomic E-state index is 0.378. The molecule has 76 valence electrons. The molecule has 0 atom stereocenters. The summed E-state index contributed by atoms with van der Waals surface area (Å²) in [5.74, 6) is 0. The van der Waals surface area contributed by atoms with E-state index in [4.69, 9.17) is 0 Å². The summed E-state index contributed by atoms with van der Waals surface area (Å²) in [6.07, 6.45) is 3.24. The highest BCUT2D eigenvalue weighted by atomic mass is 16.1. The molecular formula is C11H11N3O. The van der Waals surface area contributed by atoms with Crippen molar-refractivity contribution in [2.24, 2.45) is 0 Å². The van der Waals surface area contributed by atoms with Gasteiger partial charge < -0.3 is 0 Å². The van der Waals surface area contributed by atoms with Crippen LogP contribution in [-0.4, -0.2) is 21.3 Å². The normalized spacial score (nSPS) is 10.1. The van der Waals surface area contributed by atoms with Crippen LogP contribution in [0.25, 0.3) is 0 Å². The third-order valence-electron chi connectivity index (χ3n) is 2.15. The molecule has 4 nitrogen and oxygen atoms in total. The number of nitrogens with zero attached hydrogens (tertiary/aromatic N) is 3. The summed E-state index contributed by atoms with van der Waals surface area (Å²) in [7, 11) is 0. The van der Waals surface area contributed by atoms with E-state index in [1.54, 1.807) is 10.9 Å². The average molecular weight is 201 g/mol. The number of aromatic nitrogens is 3. The first-order valence-electron chi connectivity index (χ1n) is 4.78. The van der Waals surface area contributed by atoms with Gasteiger partial charge in [0.15, 0.2) is 6.29 Å². The lowest BCUT2D eigenvalue weighted by Crippen LogP contribution is -2.01. The van der Waals surface area contributed by atoms with E-state index in [0.717, 1.165) is 13.0 Å². The number of benzene rings is 1. The molecule has 0 bridgehead atoms. The molecule has 0 radical (unpaired) electrons. The second-order valence-electron chi connectivity index (χ2n) is 3.26. The highest BCUT2D eigenvalue weighted by Gasteiger charge is 1.98. The van der Waals surface area contributed by atoms with Crippen molar-refractivity contribution in [1.82, 2.24) is 15.0 Å². The molecule has 4 heteroatoms. The first-order valence-corrected chi connectivity index (χ1v) is 4.78. The Morgan fingerprint density at radius 3 is 2.73 bits per heavy atom. The Hall–Kier alpha value is -1.97. The van der Waals surface area contributed by atoms with Crippen LogP contribution in [0.2, 0.25) is 0 Å². The lowest BCUT2D eigenvalue weighted by atomic mass is 10.1. The van der Waals surface area contributed by atoms with Gasteiger partial charge in [0, 0.05) is 6.54 Å². The van der Waals surface area contributed by atoms with Gasteiger partial charge in [-0.1, -0.05) is 35.5 Å². The summed E-state index contributed by atoms with van der Waals surface area (Å²) < 4.78 is 1.68. The lowest BCUT2D eigenvalue weighted by molar-refractivity contribution is 0.111. The topological polar surface area (TPSA) is 47.8 Å². The summed E-state index contributed by atoms with van der Waals surface area (Å²) in [4.78, 5) is 10.4. The number of aldehydes is 1. The van der Waals surface area contributed by atoms with Crippen molar-refractivity contribution < 1.29 is 4.79 Å². The fourth-order valence-corrected chi connectivity index (χ4v) is 1.37. The number of hydrogen-bond acceptors (Lipinski definition) is 3. The third-order valence-corrected chi connectivity index (χ3v) is 2.15. The van der Waals surface area contributed by atoms with E-state index < -0.39 is 0 Å². The van der Waals surface area contributed by atoms with E-state index in [2.05, 4.69) is 22.4 Å². The molecule has 0 amide bonds. The molecule has 0 spiro atoms. The number of aryl methyl sites for hydroxylation is 2. The lowest BCUT2D eigenvalue weighted by Gasteiger charge is -1.99. The zero-order valence-electron chi connectivity index (χ0n) is 8.21. The van der Waals surface area contributed by atoms with Crippen molar-refractivity contribution in [1.29, 1.82) is 0 Å². The molecule has 15 heavy (non-hydrogen) atoms. The van der Waals surface area contributed by atoms with E-state index in [0.29, 0.717) is 12.0 Å². The Morgan fingerprint density at radius 2 is 2.07 bits per heavy atom. The quantitative estimate of drug-likeness (QED) is 0.701. The summed E-state index contributed by atoms with van der Waals surface area (Å²) in [5, 5.41) is 7.53. The maximum atomic E-state index is 10.4. The average Bonchev–Trinajstić information content (AvgIpc) is 2.76. The number of carbonyl (C=O) groups is 1. The van der Waals surface area contributed by atoms with Gasteiger partial charge in [-0.3, -0.25) is 9.48 Å². The predicted molar refractivity (Wildman–Crippen MR) is 55.6 cm³/mol. The standard InChI is InChI=1S/C11H11N3O/c15-9-11-8-14(13-12-11)7-6-10-4-2-1-3-5-10/h1-5,8-9H,6-7H2. The van der Waals surface area contributed by atoms with Gasteiger partial charge in [-0.15, -0.1) is 5.10 Å². The van der Waals surface area contributed by atoms with Crippen molar-refractivity contribution >= 4 is 6.29 Å². The highest BCUT2D eigenvalue weighted by molar-refractivity contribution is 5.70. The molecule has 1 heterocycles. The van der Waals surface area contributed by atoms with Crippen molar-refractivity contribution in [3.63, 3.8) is 0 Å². The summed E-state index contributed by atoms with van der Waals surface area (Å²) in [6, 6.07) is 10.1. The maximum Gasteiger partial charge on any atom is 0.171 e. The van der Waals surface area contributed by atoms with Gasteiger partial charge >= 0.3 is 0 Å². The van der Waals surface area contributed by atoms with Crippen LogP contribution in [0.4, 0.5) is 0 Å². The fraction of sp³-hybridized carbons (Fsp3) is 0.182. The van der Waals surface area contributed by atoms with Crippen LogP contribution in [-0.2, 0) is 13.0 Å². The van der Waals surface area contributed by atoms with Gasteiger partial charge in [0.25, 0.3) is 0 Å². The minimum absolute atomic E-state index is 0.378. The fourth-order valence-electron chi connectivity index (χ4n) is 1.37. The Bertz CT molecular complexity index is 436. The van der Waals surface area contributed by atoms with Crippen LogP contribution in [0.3, 0.4) is 0 Å². The molecule has 0 aliphatic heterocycles. The number of hydrogen-bond donors (Lipinski definition) is 0. The van der Waals surface area contributed by atoms with Crippen molar-refractivity contribution in [2.75, 3.05) is 0 Å². The van der Waals surface area contributed by atoms with Gasteiger partial charge in [0.05, 0.1) is 6.20 Å². The molecule has 0 saturated heterocycles. The molecule has 0 N–H and O–H groups in total. The van der Waals surface area contributed by atoms with Gasteiger partial charge in [-0.2, -0.15) is 0 Å². The Morgan fingerprint density at radius 1 is 1.27 bits per heavy atom. The largest absolute Gasteiger partial charge is 0.296 e. The zero-order chi connectivity index (χ0) is 10.5. The van der Waals surface area contributed by atoms with E-state index in [1.807, 2.05) is 18.2 Å². The van der Waals surface area contributed by atoms with E-state index in [-0.39, 0.29) is 0 Å². The van der Waals surface area contributed by atoms with Crippen LogP contribution in [0, 0.1) is 0 Å². The predicted octanol–water partition coefficient (Wildman–Crippen LogP) is 1.33. The van der Waals surface area contributed by atoms with E-state index >= 15 is 0 Å². The Labute approximate surface area is 87.5 Å². The zero-order valence-corrected chi connectivity index (χ0v) is 8.21. The number of carbonyl (C=O) groups excluding carboxylic acids is 1. The molecule has 2 rings (SSSR count). The Kier molecular flexibility index (Phi) is 2.88. The van der Waals surface area contributed by atoms with Crippen molar-refractivity contribution in [3.05, 3.63) is 47.8 Å². The van der Waals surface area contributed by atoms with Crippen molar-refractivity contribution in [2.45, 2.75) is 13.0 Å². The highest BCUT2D eigenvalue weighted by Crippen LogP contribution is 2.01. The van der Waals surface area contributed by atoms with E-state index in [9.17, 15) is 4.79 Å². The third kappa shape index (κ3) is 2.49. The van der Waals surface area contributed by atoms with Crippen LogP contribution in [0.5, 0.6) is 0 Å². The first-order chi connectivity index (χ1) is 7.38. The minimum Gasteiger partial charge on any atom is -0.296 e. The van der Waals surface area contributed by atoms with Crippen LogP contribution < -0.4 is 0 Å². The molecule has 1 aromatic heterocycles. The van der Waals surface area contributed by atoms with Crippen LogP contribution in [0.15, 0.2) is 36.5 Å².